The van der Waals surface area contributed by atoms with Gasteiger partial charge in [-0.1, -0.05) is 78.9 Å². The molecule has 0 bridgehead atoms. The van der Waals surface area contributed by atoms with Crippen molar-refractivity contribution >= 4 is 10.9 Å². The van der Waals surface area contributed by atoms with E-state index < -0.39 is 0 Å². The van der Waals surface area contributed by atoms with E-state index in [0.717, 1.165) is 0 Å². The first-order valence-corrected chi connectivity index (χ1v) is 10.6. The zero-order valence-electron chi connectivity index (χ0n) is 16.1. The van der Waals surface area contributed by atoms with Crippen molar-refractivity contribution in [2.45, 2.75) is 43.6 Å². The lowest BCUT2D eigenvalue weighted by Crippen LogP contribution is -2.30. The third kappa shape index (κ3) is 2.32. The van der Waals surface area contributed by atoms with Crippen LogP contribution in [0.1, 0.15) is 59.5 Å². The van der Waals surface area contributed by atoms with E-state index in [4.69, 9.17) is 0 Å². The summed E-state index contributed by atoms with van der Waals surface area (Å²) in [5.41, 5.74) is 7.63. The summed E-state index contributed by atoms with van der Waals surface area (Å²) >= 11 is 0. The summed E-state index contributed by atoms with van der Waals surface area (Å²) in [6.07, 6.45) is 5.03. The van der Waals surface area contributed by atoms with Crippen LogP contribution in [-0.4, -0.2) is 4.57 Å². The number of rotatable bonds is 2. The third-order valence-electron chi connectivity index (χ3n) is 7.04. The summed E-state index contributed by atoms with van der Waals surface area (Å²) in [5.74, 6) is 1.24. The van der Waals surface area contributed by atoms with Crippen molar-refractivity contribution in [2.24, 2.45) is 0 Å². The second-order valence-corrected chi connectivity index (χ2v) is 8.43. The number of aryl methyl sites for hydroxylation is 1. The van der Waals surface area contributed by atoms with Gasteiger partial charge in [0.2, 0.25) is 0 Å². The van der Waals surface area contributed by atoms with Crippen LogP contribution >= 0.6 is 0 Å². The zero-order valence-corrected chi connectivity index (χ0v) is 16.1. The summed E-state index contributed by atoms with van der Waals surface area (Å²) in [6, 6.07) is 31.9. The minimum absolute atomic E-state index is 0.411. The highest BCUT2D eigenvalue weighted by Gasteiger charge is 2.40. The van der Waals surface area contributed by atoms with Crippen molar-refractivity contribution in [1.29, 1.82) is 0 Å². The van der Waals surface area contributed by atoms with Crippen LogP contribution in [0.2, 0.25) is 0 Å². The standard InChI is InChI=1S/C27H25N/c1-3-10-19(11-4-1)24-18-26(20-12-5-2-6-13-20)28-25-17-8-7-14-21(25)22-15-9-16-23(24)27(22)28/h1-8,10-14,17,23-24,26H,9,15-16,18H2/t23-,24-,26+/m0/s1. The van der Waals surface area contributed by atoms with Crippen molar-refractivity contribution in [1.82, 2.24) is 4.57 Å². The number of hydrogen-bond acceptors (Lipinski definition) is 0. The van der Waals surface area contributed by atoms with Gasteiger partial charge in [0.25, 0.3) is 0 Å². The van der Waals surface area contributed by atoms with Gasteiger partial charge in [0.05, 0.1) is 6.04 Å². The lowest BCUT2D eigenvalue weighted by atomic mass is 9.70. The van der Waals surface area contributed by atoms with E-state index in [1.54, 1.807) is 11.3 Å². The van der Waals surface area contributed by atoms with Crippen LogP contribution in [0.4, 0.5) is 0 Å². The lowest BCUT2D eigenvalue weighted by Gasteiger charge is -2.41. The van der Waals surface area contributed by atoms with Gasteiger partial charge in [-0.25, -0.2) is 0 Å². The number of aromatic nitrogens is 1. The Morgan fingerprint density at radius 2 is 1.36 bits per heavy atom. The SMILES string of the molecule is c1ccc([C@H]2C[C@@H](c3ccccc3)[C@@H]3CCCc4c3n2c2ccccc42)cc1. The molecule has 4 aromatic rings. The Hall–Kier alpha value is -2.80. The van der Waals surface area contributed by atoms with E-state index in [2.05, 4.69) is 89.5 Å². The molecular formula is C27H25N. The Labute approximate surface area is 166 Å². The van der Waals surface area contributed by atoms with Crippen molar-refractivity contribution in [3.8, 4) is 0 Å². The van der Waals surface area contributed by atoms with E-state index in [9.17, 15) is 0 Å². The summed E-state index contributed by atoms with van der Waals surface area (Å²) < 4.78 is 2.71. The minimum atomic E-state index is 0.411. The smallest absolute Gasteiger partial charge is 0.0594 e. The molecule has 2 aliphatic rings. The Kier molecular flexibility index (Phi) is 3.68. The fraction of sp³-hybridized carbons (Fsp3) is 0.259. The van der Waals surface area contributed by atoms with E-state index in [0.29, 0.717) is 17.9 Å². The number of hydrogen-bond donors (Lipinski definition) is 0. The van der Waals surface area contributed by atoms with Crippen LogP contribution < -0.4 is 0 Å². The fourth-order valence-corrected chi connectivity index (χ4v) is 5.92. The molecule has 0 radical (unpaired) electrons. The molecule has 1 heteroatoms. The summed E-state index contributed by atoms with van der Waals surface area (Å²) in [7, 11) is 0. The Bertz CT molecular complexity index is 1120. The molecule has 1 aliphatic heterocycles. The maximum Gasteiger partial charge on any atom is 0.0594 e. The Morgan fingerprint density at radius 3 is 2.14 bits per heavy atom. The van der Waals surface area contributed by atoms with Gasteiger partial charge in [-0.05, 0) is 54.4 Å². The summed E-state index contributed by atoms with van der Waals surface area (Å²) in [6.45, 7) is 0. The van der Waals surface area contributed by atoms with Gasteiger partial charge < -0.3 is 4.57 Å². The molecule has 0 spiro atoms. The molecule has 0 N–H and O–H groups in total. The number of fused-ring (bicyclic) bond motifs is 3. The molecule has 3 aromatic carbocycles. The molecule has 0 unspecified atom stereocenters. The Balaban J connectivity index is 1.64. The van der Waals surface area contributed by atoms with Crippen LogP contribution in [0.5, 0.6) is 0 Å². The van der Waals surface area contributed by atoms with Crippen molar-refractivity contribution in [3.05, 3.63) is 107 Å². The van der Waals surface area contributed by atoms with Gasteiger partial charge >= 0.3 is 0 Å². The molecule has 0 saturated carbocycles. The quantitative estimate of drug-likeness (QED) is 0.367. The van der Waals surface area contributed by atoms with Crippen LogP contribution in [0, 0.1) is 0 Å². The highest BCUT2D eigenvalue weighted by molar-refractivity contribution is 5.86. The molecule has 0 amide bonds. The fourth-order valence-electron chi connectivity index (χ4n) is 5.92. The van der Waals surface area contributed by atoms with Gasteiger partial charge in [0, 0.05) is 22.5 Å². The van der Waals surface area contributed by atoms with Crippen LogP contribution in [0.25, 0.3) is 10.9 Å². The van der Waals surface area contributed by atoms with Crippen molar-refractivity contribution < 1.29 is 0 Å². The summed E-state index contributed by atoms with van der Waals surface area (Å²) in [5, 5.41) is 1.48. The molecule has 0 saturated heterocycles. The van der Waals surface area contributed by atoms with Crippen molar-refractivity contribution in [3.63, 3.8) is 0 Å². The normalized spacial score (nSPS) is 23.5. The third-order valence-corrected chi connectivity index (χ3v) is 7.04. The zero-order chi connectivity index (χ0) is 18.5. The van der Waals surface area contributed by atoms with Crippen LogP contribution in [0.3, 0.4) is 0 Å². The molecule has 0 fully saturated rings. The van der Waals surface area contributed by atoms with E-state index in [1.807, 2.05) is 0 Å². The molecule has 3 atom stereocenters. The predicted octanol–water partition coefficient (Wildman–Crippen LogP) is 6.84. The molecule has 28 heavy (non-hydrogen) atoms. The molecule has 1 nitrogen and oxygen atoms in total. The van der Waals surface area contributed by atoms with Gasteiger partial charge in [-0.15, -0.1) is 0 Å². The van der Waals surface area contributed by atoms with Gasteiger partial charge in [-0.2, -0.15) is 0 Å². The first-order valence-electron chi connectivity index (χ1n) is 10.6. The number of nitrogens with zero attached hydrogens (tertiary/aromatic N) is 1. The second kappa shape index (κ2) is 6.38. The van der Waals surface area contributed by atoms with Gasteiger partial charge in [0.1, 0.15) is 0 Å². The molecule has 2 heterocycles. The van der Waals surface area contributed by atoms with Crippen LogP contribution in [-0.2, 0) is 6.42 Å². The molecule has 6 rings (SSSR count). The van der Waals surface area contributed by atoms with E-state index >= 15 is 0 Å². The molecule has 1 aromatic heterocycles. The Morgan fingerprint density at radius 1 is 0.679 bits per heavy atom. The monoisotopic (exact) mass is 363 g/mol. The molecule has 1 aliphatic carbocycles. The van der Waals surface area contributed by atoms with Crippen LogP contribution in [0.15, 0.2) is 84.9 Å². The van der Waals surface area contributed by atoms with Gasteiger partial charge in [0.15, 0.2) is 0 Å². The predicted molar refractivity (Wildman–Crippen MR) is 116 cm³/mol. The molecule has 138 valence electrons. The largest absolute Gasteiger partial charge is 0.336 e. The average Bonchev–Trinajstić information content (AvgIpc) is 3.12. The van der Waals surface area contributed by atoms with E-state index in [1.165, 1.54) is 47.7 Å². The van der Waals surface area contributed by atoms with Crippen molar-refractivity contribution in [2.75, 3.05) is 0 Å². The first kappa shape index (κ1) is 16.2. The molecular weight excluding hydrogens is 338 g/mol. The van der Waals surface area contributed by atoms with Gasteiger partial charge in [-0.3, -0.25) is 0 Å². The maximum absolute atomic E-state index is 2.71. The first-order chi connectivity index (χ1) is 13.9. The lowest BCUT2D eigenvalue weighted by molar-refractivity contribution is 0.331. The highest BCUT2D eigenvalue weighted by atomic mass is 15.1. The maximum atomic E-state index is 2.71. The number of para-hydroxylation sites is 1. The second-order valence-electron chi connectivity index (χ2n) is 8.43. The topological polar surface area (TPSA) is 4.93 Å². The summed E-state index contributed by atoms with van der Waals surface area (Å²) in [4.78, 5) is 0. The highest BCUT2D eigenvalue weighted by Crippen LogP contribution is 2.54. The van der Waals surface area contributed by atoms with E-state index in [-0.39, 0.29) is 0 Å². The average molecular weight is 364 g/mol. The minimum Gasteiger partial charge on any atom is -0.336 e. The number of benzene rings is 3.